The smallest absolute Gasteiger partial charge is 0.314 e. The van der Waals surface area contributed by atoms with Crippen molar-refractivity contribution >= 4 is 6.03 Å². The second kappa shape index (κ2) is 8.63. The fourth-order valence-corrected chi connectivity index (χ4v) is 2.10. The SMILES string of the molecule is COc1ccc(C(C)(C)CNC(=O)NCC(C)CCO)cc1. The summed E-state index contributed by atoms with van der Waals surface area (Å²) in [6, 6.07) is 7.71. The maximum atomic E-state index is 11.8. The predicted octanol–water partition coefficient (Wildman–Crippen LogP) is 2.29. The molecule has 0 aromatic heterocycles. The molecule has 0 radical (unpaired) electrons. The third-order valence-corrected chi connectivity index (χ3v) is 3.80. The van der Waals surface area contributed by atoms with Gasteiger partial charge in [0.2, 0.25) is 0 Å². The molecular weight excluding hydrogens is 280 g/mol. The van der Waals surface area contributed by atoms with Gasteiger partial charge in [0.15, 0.2) is 0 Å². The van der Waals surface area contributed by atoms with E-state index in [0.717, 1.165) is 11.3 Å². The standard InChI is InChI=1S/C17H28N2O3/c1-13(9-10-20)11-18-16(21)19-12-17(2,3)14-5-7-15(22-4)8-6-14/h5-8,13,20H,9-12H2,1-4H3,(H2,18,19,21). The van der Waals surface area contributed by atoms with Crippen molar-refractivity contribution in [2.24, 2.45) is 5.92 Å². The molecule has 0 spiro atoms. The van der Waals surface area contributed by atoms with Gasteiger partial charge < -0.3 is 20.5 Å². The Morgan fingerprint density at radius 2 is 1.91 bits per heavy atom. The van der Waals surface area contributed by atoms with E-state index in [1.165, 1.54) is 0 Å². The number of amides is 2. The fourth-order valence-electron chi connectivity index (χ4n) is 2.10. The summed E-state index contributed by atoms with van der Waals surface area (Å²) in [7, 11) is 1.64. The zero-order chi connectivity index (χ0) is 16.6. The lowest BCUT2D eigenvalue weighted by Gasteiger charge is -2.26. The molecule has 0 bridgehead atoms. The van der Waals surface area contributed by atoms with E-state index in [4.69, 9.17) is 9.84 Å². The zero-order valence-corrected chi connectivity index (χ0v) is 14.0. The van der Waals surface area contributed by atoms with Crippen molar-refractivity contribution in [2.45, 2.75) is 32.6 Å². The van der Waals surface area contributed by atoms with Crippen LogP contribution in [0.25, 0.3) is 0 Å². The van der Waals surface area contributed by atoms with Gasteiger partial charge in [0.1, 0.15) is 5.75 Å². The number of carbonyl (C=O) groups is 1. The number of carbonyl (C=O) groups excluding carboxylic acids is 1. The number of aliphatic hydroxyl groups is 1. The van der Waals surface area contributed by atoms with Gasteiger partial charge in [-0.15, -0.1) is 0 Å². The topological polar surface area (TPSA) is 70.6 Å². The van der Waals surface area contributed by atoms with Crippen molar-refractivity contribution in [3.05, 3.63) is 29.8 Å². The van der Waals surface area contributed by atoms with Crippen LogP contribution in [-0.2, 0) is 5.41 Å². The van der Waals surface area contributed by atoms with Gasteiger partial charge in [-0.05, 0) is 30.0 Å². The van der Waals surface area contributed by atoms with E-state index >= 15 is 0 Å². The van der Waals surface area contributed by atoms with Crippen molar-refractivity contribution in [3.8, 4) is 5.75 Å². The quantitative estimate of drug-likeness (QED) is 0.690. The van der Waals surface area contributed by atoms with E-state index < -0.39 is 0 Å². The Morgan fingerprint density at radius 1 is 1.27 bits per heavy atom. The summed E-state index contributed by atoms with van der Waals surface area (Å²) in [4.78, 5) is 11.8. The van der Waals surface area contributed by atoms with Gasteiger partial charge in [0.05, 0.1) is 7.11 Å². The fraction of sp³-hybridized carbons (Fsp3) is 0.588. The average molecular weight is 308 g/mol. The van der Waals surface area contributed by atoms with Crippen LogP contribution in [-0.4, -0.2) is 37.9 Å². The molecule has 2 amide bonds. The minimum atomic E-state index is -0.175. The minimum Gasteiger partial charge on any atom is -0.497 e. The number of hydrogen-bond acceptors (Lipinski definition) is 3. The van der Waals surface area contributed by atoms with Crippen LogP contribution in [0.15, 0.2) is 24.3 Å². The molecule has 124 valence electrons. The van der Waals surface area contributed by atoms with Gasteiger partial charge >= 0.3 is 6.03 Å². The lowest BCUT2D eigenvalue weighted by Crippen LogP contribution is -2.43. The van der Waals surface area contributed by atoms with Gasteiger partial charge in [0, 0.05) is 25.1 Å². The summed E-state index contributed by atoms with van der Waals surface area (Å²) >= 11 is 0. The van der Waals surface area contributed by atoms with Crippen molar-refractivity contribution in [2.75, 3.05) is 26.8 Å². The minimum absolute atomic E-state index is 0.148. The summed E-state index contributed by atoms with van der Waals surface area (Å²) in [5, 5.41) is 14.6. The van der Waals surface area contributed by atoms with Crippen LogP contribution >= 0.6 is 0 Å². The van der Waals surface area contributed by atoms with E-state index in [0.29, 0.717) is 19.5 Å². The average Bonchev–Trinajstić information content (AvgIpc) is 2.51. The van der Waals surface area contributed by atoms with Gasteiger partial charge in [-0.3, -0.25) is 0 Å². The van der Waals surface area contributed by atoms with Crippen LogP contribution in [0.3, 0.4) is 0 Å². The molecule has 1 rings (SSSR count). The van der Waals surface area contributed by atoms with E-state index in [2.05, 4.69) is 24.5 Å². The molecule has 0 aliphatic heterocycles. The zero-order valence-electron chi connectivity index (χ0n) is 14.0. The molecule has 1 atom stereocenters. The van der Waals surface area contributed by atoms with Crippen molar-refractivity contribution in [3.63, 3.8) is 0 Å². The third kappa shape index (κ3) is 5.93. The molecule has 0 saturated carbocycles. The van der Waals surface area contributed by atoms with Gasteiger partial charge in [0.25, 0.3) is 0 Å². The van der Waals surface area contributed by atoms with Gasteiger partial charge in [-0.25, -0.2) is 4.79 Å². The Kier molecular flexibility index (Phi) is 7.18. The van der Waals surface area contributed by atoms with E-state index in [1.807, 2.05) is 31.2 Å². The Bertz CT molecular complexity index is 457. The first-order chi connectivity index (χ1) is 10.4. The summed E-state index contributed by atoms with van der Waals surface area (Å²) < 4.78 is 5.16. The Balaban J connectivity index is 2.45. The van der Waals surface area contributed by atoms with Crippen molar-refractivity contribution < 1.29 is 14.6 Å². The van der Waals surface area contributed by atoms with E-state index in [-0.39, 0.29) is 24.0 Å². The third-order valence-electron chi connectivity index (χ3n) is 3.80. The lowest BCUT2D eigenvalue weighted by molar-refractivity contribution is 0.232. The Hall–Kier alpha value is -1.75. The van der Waals surface area contributed by atoms with Crippen LogP contribution in [0.1, 0.15) is 32.8 Å². The van der Waals surface area contributed by atoms with E-state index in [9.17, 15) is 4.79 Å². The largest absolute Gasteiger partial charge is 0.497 e. The number of urea groups is 1. The van der Waals surface area contributed by atoms with Gasteiger partial charge in [-0.1, -0.05) is 32.9 Å². The second-order valence-corrected chi connectivity index (χ2v) is 6.29. The first kappa shape index (κ1) is 18.3. The molecule has 0 saturated heterocycles. The molecule has 0 aliphatic rings. The lowest BCUT2D eigenvalue weighted by atomic mass is 9.84. The summed E-state index contributed by atoms with van der Waals surface area (Å²) in [6.45, 7) is 7.43. The highest BCUT2D eigenvalue weighted by molar-refractivity contribution is 5.73. The van der Waals surface area contributed by atoms with Crippen molar-refractivity contribution in [1.29, 1.82) is 0 Å². The molecule has 0 aliphatic carbocycles. The molecule has 1 aromatic rings. The highest BCUT2D eigenvalue weighted by atomic mass is 16.5. The van der Waals surface area contributed by atoms with Crippen LogP contribution in [0.5, 0.6) is 5.75 Å². The first-order valence-electron chi connectivity index (χ1n) is 7.66. The number of methoxy groups -OCH3 is 1. The second-order valence-electron chi connectivity index (χ2n) is 6.29. The molecule has 0 heterocycles. The number of ether oxygens (including phenoxy) is 1. The maximum Gasteiger partial charge on any atom is 0.314 e. The summed E-state index contributed by atoms with van der Waals surface area (Å²) in [5.41, 5.74) is 0.975. The summed E-state index contributed by atoms with van der Waals surface area (Å²) in [5.74, 6) is 1.09. The molecule has 5 nitrogen and oxygen atoms in total. The molecule has 5 heteroatoms. The highest BCUT2D eigenvalue weighted by Gasteiger charge is 2.21. The molecule has 3 N–H and O–H groups in total. The van der Waals surface area contributed by atoms with Crippen LogP contribution in [0.2, 0.25) is 0 Å². The van der Waals surface area contributed by atoms with Crippen LogP contribution < -0.4 is 15.4 Å². The predicted molar refractivity (Wildman–Crippen MR) is 88.3 cm³/mol. The number of rotatable bonds is 8. The Morgan fingerprint density at radius 3 is 2.45 bits per heavy atom. The van der Waals surface area contributed by atoms with E-state index in [1.54, 1.807) is 7.11 Å². The van der Waals surface area contributed by atoms with Crippen LogP contribution in [0.4, 0.5) is 4.79 Å². The monoisotopic (exact) mass is 308 g/mol. The molecule has 1 unspecified atom stereocenters. The molecule has 22 heavy (non-hydrogen) atoms. The number of hydrogen-bond donors (Lipinski definition) is 3. The first-order valence-corrected chi connectivity index (χ1v) is 7.66. The molecule has 1 aromatic carbocycles. The Labute approximate surface area is 133 Å². The summed E-state index contributed by atoms with van der Waals surface area (Å²) in [6.07, 6.45) is 0.692. The normalized spacial score (nSPS) is 12.6. The number of nitrogens with one attached hydrogen (secondary N) is 2. The van der Waals surface area contributed by atoms with Crippen molar-refractivity contribution in [1.82, 2.24) is 10.6 Å². The molecular formula is C17H28N2O3. The highest BCUT2D eigenvalue weighted by Crippen LogP contribution is 2.24. The number of aliphatic hydroxyl groups excluding tert-OH is 1. The molecule has 0 fully saturated rings. The maximum absolute atomic E-state index is 11.8. The van der Waals surface area contributed by atoms with Gasteiger partial charge in [-0.2, -0.15) is 0 Å². The number of benzene rings is 1. The van der Waals surface area contributed by atoms with Crippen LogP contribution in [0, 0.1) is 5.92 Å².